The molecule has 34 heavy (non-hydrogen) atoms. The second kappa shape index (κ2) is 9.19. The molecule has 0 spiro atoms. The molecule has 0 aliphatic heterocycles. The lowest BCUT2D eigenvalue weighted by Gasteiger charge is -2.15. The molecule has 0 radical (unpaired) electrons. The SMILES string of the molecule is Cc1cccc(C(=O)Nc2ccc3c(ccn3-c3ccnc(N[C@@H](C)c4ccccc4)n3)c2)c1.[HH].[HH]. The quantitative estimate of drug-likeness (QED) is 0.303. The van der Waals surface area contributed by atoms with Crippen LogP contribution in [-0.4, -0.2) is 20.4 Å². The van der Waals surface area contributed by atoms with Crippen molar-refractivity contribution in [3.63, 3.8) is 0 Å². The van der Waals surface area contributed by atoms with Crippen LogP contribution < -0.4 is 10.6 Å². The Hall–Kier alpha value is -4.45. The van der Waals surface area contributed by atoms with E-state index in [2.05, 4.69) is 34.7 Å². The van der Waals surface area contributed by atoms with Gasteiger partial charge in [0, 0.05) is 31.9 Å². The third-order valence-corrected chi connectivity index (χ3v) is 5.76. The molecule has 1 amide bonds. The fourth-order valence-electron chi connectivity index (χ4n) is 3.98. The van der Waals surface area contributed by atoms with Gasteiger partial charge in [-0.25, -0.2) is 4.98 Å². The minimum atomic E-state index is -0.124. The summed E-state index contributed by atoms with van der Waals surface area (Å²) in [5.74, 6) is 1.21. The number of hydrogen-bond donors (Lipinski definition) is 2. The van der Waals surface area contributed by atoms with Crippen LogP contribution in [0.2, 0.25) is 0 Å². The van der Waals surface area contributed by atoms with Crippen LogP contribution in [-0.2, 0) is 0 Å². The Morgan fingerprint density at radius 3 is 2.65 bits per heavy atom. The van der Waals surface area contributed by atoms with E-state index >= 15 is 0 Å². The number of aryl methyl sites for hydroxylation is 1. The first-order valence-corrected chi connectivity index (χ1v) is 11.2. The van der Waals surface area contributed by atoms with Crippen molar-refractivity contribution in [1.82, 2.24) is 14.5 Å². The number of amides is 1. The van der Waals surface area contributed by atoms with Crippen LogP contribution in [0.25, 0.3) is 16.7 Å². The van der Waals surface area contributed by atoms with Crippen molar-refractivity contribution in [3.05, 3.63) is 114 Å². The van der Waals surface area contributed by atoms with E-state index in [4.69, 9.17) is 4.98 Å². The lowest BCUT2D eigenvalue weighted by atomic mass is 10.1. The van der Waals surface area contributed by atoms with Gasteiger partial charge in [-0.2, -0.15) is 4.98 Å². The maximum Gasteiger partial charge on any atom is 0.255 e. The van der Waals surface area contributed by atoms with Gasteiger partial charge >= 0.3 is 0 Å². The summed E-state index contributed by atoms with van der Waals surface area (Å²) in [6, 6.07) is 27.6. The molecule has 6 heteroatoms. The number of benzene rings is 3. The summed E-state index contributed by atoms with van der Waals surface area (Å²) in [6.07, 6.45) is 3.73. The van der Waals surface area contributed by atoms with E-state index in [9.17, 15) is 4.79 Å². The molecule has 3 aromatic carbocycles. The standard InChI is InChI=1S/C28H25N5O.2H2/c1-19-7-6-10-23(17-19)27(34)31-24-11-12-25-22(18-24)14-16-33(25)26-13-15-29-28(32-26)30-20(2)21-8-4-3-5-9-21;;/h3-18,20H,1-2H3,(H,31,34)(H,29,30,32);2*1H/t20-;;/m0../s1. The van der Waals surface area contributed by atoms with Gasteiger partial charge in [0.25, 0.3) is 5.91 Å². The zero-order valence-corrected chi connectivity index (χ0v) is 19.1. The molecule has 0 bridgehead atoms. The Morgan fingerprint density at radius 1 is 0.971 bits per heavy atom. The van der Waals surface area contributed by atoms with Gasteiger partial charge in [0.05, 0.1) is 11.6 Å². The Morgan fingerprint density at radius 2 is 1.82 bits per heavy atom. The average molecular weight is 452 g/mol. The van der Waals surface area contributed by atoms with Crippen LogP contribution in [0.4, 0.5) is 11.6 Å². The number of carbonyl (C=O) groups excluding carboxylic acids is 1. The van der Waals surface area contributed by atoms with E-state index < -0.39 is 0 Å². The third-order valence-electron chi connectivity index (χ3n) is 5.76. The Labute approximate surface area is 201 Å². The monoisotopic (exact) mass is 451 g/mol. The largest absolute Gasteiger partial charge is 0.348 e. The van der Waals surface area contributed by atoms with E-state index in [1.165, 1.54) is 5.56 Å². The van der Waals surface area contributed by atoms with Gasteiger partial charge in [0.1, 0.15) is 5.82 Å². The molecule has 0 saturated carbocycles. The number of carbonyl (C=O) groups is 1. The maximum absolute atomic E-state index is 12.6. The molecule has 6 nitrogen and oxygen atoms in total. The van der Waals surface area contributed by atoms with Crippen molar-refractivity contribution in [2.45, 2.75) is 19.9 Å². The molecule has 0 unspecified atom stereocenters. The summed E-state index contributed by atoms with van der Waals surface area (Å²) >= 11 is 0. The van der Waals surface area contributed by atoms with Gasteiger partial charge in [0.15, 0.2) is 0 Å². The first kappa shape index (κ1) is 21.4. The third kappa shape index (κ3) is 4.52. The summed E-state index contributed by atoms with van der Waals surface area (Å²) in [4.78, 5) is 21.7. The highest BCUT2D eigenvalue weighted by Crippen LogP contribution is 2.24. The van der Waals surface area contributed by atoms with Gasteiger partial charge in [-0.1, -0.05) is 48.0 Å². The topological polar surface area (TPSA) is 71.8 Å². The van der Waals surface area contributed by atoms with Crippen molar-refractivity contribution < 1.29 is 7.65 Å². The van der Waals surface area contributed by atoms with Crippen LogP contribution in [0.3, 0.4) is 0 Å². The molecule has 172 valence electrons. The molecule has 1 atom stereocenters. The normalized spacial score (nSPS) is 11.8. The highest BCUT2D eigenvalue weighted by Gasteiger charge is 2.11. The minimum absolute atomic E-state index is 0. The molecule has 0 aliphatic rings. The zero-order chi connectivity index (χ0) is 23.5. The molecule has 5 aromatic rings. The fourth-order valence-corrected chi connectivity index (χ4v) is 3.98. The molecule has 5 rings (SSSR count). The first-order valence-electron chi connectivity index (χ1n) is 11.2. The van der Waals surface area contributed by atoms with Crippen LogP contribution in [0, 0.1) is 6.92 Å². The summed E-state index contributed by atoms with van der Waals surface area (Å²) in [5, 5.41) is 7.37. The van der Waals surface area contributed by atoms with Crippen LogP contribution in [0.15, 0.2) is 97.3 Å². The molecular formula is C28H29N5O. The number of aromatic nitrogens is 3. The van der Waals surface area contributed by atoms with Crippen molar-refractivity contribution in [3.8, 4) is 5.82 Å². The predicted octanol–water partition coefficient (Wildman–Crippen LogP) is 6.65. The number of rotatable bonds is 6. The van der Waals surface area contributed by atoms with E-state index in [0.717, 1.165) is 28.0 Å². The van der Waals surface area contributed by atoms with E-state index in [1.54, 1.807) is 6.20 Å². The molecule has 0 fully saturated rings. The Balaban J connectivity index is 0.00000180. The second-order valence-corrected chi connectivity index (χ2v) is 8.30. The first-order chi connectivity index (χ1) is 16.6. The van der Waals surface area contributed by atoms with Gasteiger partial charge in [-0.3, -0.25) is 4.79 Å². The lowest BCUT2D eigenvalue weighted by Crippen LogP contribution is -2.12. The van der Waals surface area contributed by atoms with Crippen molar-refractivity contribution >= 4 is 28.4 Å². The molecular weight excluding hydrogens is 422 g/mol. The Kier molecular flexibility index (Phi) is 5.79. The van der Waals surface area contributed by atoms with Crippen molar-refractivity contribution in [2.75, 3.05) is 10.6 Å². The molecule has 0 saturated heterocycles. The summed E-state index contributed by atoms with van der Waals surface area (Å²) in [5.41, 5.74) is 4.61. The van der Waals surface area contributed by atoms with E-state index in [0.29, 0.717) is 11.5 Å². The van der Waals surface area contributed by atoms with E-state index in [-0.39, 0.29) is 14.8 Å². The second-order valence-electron chi connectivity index (χ2n) is 8.30. The highest BCUT2D eigenvalue weighted by atomic mass is 16.1. The minimum Gasteiger partial charge on any atom is -0.348 e. The Bertz CT molecular complexity index is 1470. The highest BCUT2D eigenvalue weighted by molar-refractivity contribution is 6.05. The van der Waals surface area contributed by atoms with Crippen molar-refractivity contribution in [1.29, 1.82) is 0 Å². The van der Waals surface area contributed by atoms with Crippen LogP contribution >= 0.6 is 0 Å². The number of fused-ring (bicyclic) bond motifs is 1. The van der Waals surface area contributed by atoms with Gasteiger partial charge in [-0.05, 0) is 61.9 Å². The average Bonchev–Trinajstić information content (AvgIpc) is 3.28. The summed E-state index contributed by atoms with van der Waals surface area (Å²) < 4.78 is 2.02. The van der Waals surface area contributed by atoms with Gasteiger partial charge < -0.3 is 15.2 Å². The summed E-state index contributed by atoms with van der Waals surface area (Å²) in [7, 11) is 0. The lowest BCUT2D eigenvalue weighted by molar-refractivity contribution is 0.102. The summed E-state index contributed by atoms with van der Waals surface area (Å²) in [6.45, 7) is 4.06. The molecule has 2 N–H and O–H groups in total. The predicted molar refractivity (Wildman–Crippen MR) is 141 cm³/mol. The van der Waals surface area contributed by atoms with Gasteiger partial charge in [-0.15, -0.1) is 0 Å². The molecule has 2 heterocycles. The van der Waals surface area contributed by atoms with Crippen LogP contribution in [0.5, 0.6) is 0 Å². The smallest absolute Gasteiger partial charge is 0.255 e. The number of hydrogen-bond acceptors (Lipinski definition) is 4. The van der Waals surface area contributed by atoms with E-state index in [1.807, 2.05) is 90.5 Å². The zero-order valence-electron chi connectivity index (χ0n) is 19.1. The number of anilines is 2. The number of nitrogens with one attached hydrogen (secondary N) is 2. The van der Waals surface area contributed by atoms with Crippen molar-refractivity contribution in [2.24, 2.45) is 0 Å². The molecule has 0 aliphatic carbocycles. The fraction of sp³-hybridized carbons (Fsp3) is 0.107. The molecule has 2 aromatic heterocycles. The maximum atomic E-state index is 12.6. The van der Waals surface area contributed by atoms with Gasteiger partial charge in [0.2, 0.25) is 5.95 Å². The number of nitrogens with zero attached hydrogens (tertiary/aromatic N) is 3. The van der Waals surface area contributed by atoms with Crippen LogP contribution in [0.1, 0.15) is 37.3 Å².